The summed E-state index contributed by atoms with van der Waals surface area (Å²) in [5, 5.41) is 8.59. The predicted molar refractivity (Wildman–Crippen MR) is 84.8 cm³/mol. The average molecular weight is 336 g/mol. The lowest BCUT2D eigenvalue weighted by Crippen LogP contribution is -2.17. The molecule has 2 aromatic heterocycles. The molecule has 0 unspecified atom stereocenters. The quantitative estimate of drug-likeness (QED) is 0.802. The zero-order chi connectivity index (χ0) is 17.0. The van der Waals surface area contributed by atoms with Crippen LogP contribution in [0.3, 0.4) is 0 Å². The van der Waals surface area contributed by atoms with Gasteiger partial charge in [0.1, 0.15) is 10.6 Å². The van der Waals surface area contributed by atoms with Crippen LogP contribution in [0, 0.1) is 12.8 Å². The number of ether oxygens (including phenoxy) is 1. The molecule has 122 valence electrons. The molecule has 2 aromatic rings. The van der Waals surface area contributed by atoms with E-state index in [0.717, 1.165) is 11.3 Å². The van der Waals surface area contributed by atoms with Gasteiger partial charge in [0, 0.05) is 6.07 Å². The van der Waals surface area contributed by atoms with Crippen LogP contribution in [-0.4, -0.2) is 33.7 Å². The Hall–Kier alpha value is -2.55. The van der Waals surface area contributed by atoms with Gasteiger partial charge in [0.05, 0.1) is 12.3 Å². The first kappa shape index (κ1) is 16.8. The maximum Gasteiger partial charge on any atom is 0.350 e. The second-order valence-corrected chi connectivity index (χ2v) is 6.19. The number of aromatic amines is 1. The van der Waals surface area contributed by atoms with Gasteiger partial charge < -0.3 is 4.74 Å². The van der Waals surface area contributed by atoms with E-state index in [1.54, 1.807) is 6.92 Å². The van der Waals surface area contributed by atoms with Crippen molar-refractivity contribution in [1.82, 2.24) is 15.2 Å². The van der Waals surface area contributed by atoms with E-state index in [0.29, 0.717) is 17.2 Å². The molecule has 0 aliphatic heterocycles. The number of nitrogens with zero attached hydrogens (tertiary/aromatic N) is 2. The summed E-state index contributed by atoms with van der Waals surface area (Å²) in [7, 11) is 0. The highest BCUT2D eigenvalue weighted by molar-refractivity contribution is 7.17. The van der Waals surface area contributed by atoms with Gasteiger partial charge >= 0.3 is 5.97 Å². The molecule has 0 aliphatic rings. The van der Waals surface area contributed by atoms with Crippen LogP contribution in [0.2, 0.25) is 0 Å². The molecular formula is C14H16N4O4S. The van der Waals surface area contributed by atoms with Crippen LogP contribution in [0.5, 0.6) is 0 Å². The van der Waals surface area contributed by atoms with Crippen molar-refractivity contribution >= 4 is 28.3 Å². The molecule has 0 atom stereocenters. The van der Waals surface area contributed by atoms with E-state index in [1.807, 2.05) is 13.8 Å². The van der Waals surface area contributed by atoms with E-state index >= 15 is 0 Å². The topological polar surface area (TPSA) is 114 Å². The number of H-pyrrole nitrogens is 1. The predicted octanol–water partition coefficient (Wildman–Crippen LogP) is 1.60. The summed E-state index contributed by atoms with van der Waals surface area (Å²) in [5.41, 5.74) is 0.122. The first-order valence-electron chi connectivity index (χ1n) is 6.88. The van der Waals surface area contributed by atoms with Crippen molar-refractivity contribution in [3.63, 3.8) is 0 Å². The number of hydrogen-bond acceptors (Lipinski definition) is 7. The van der Waals surface area contributed by atoms with E-state index in [-0.39, 0.29) is 16.7 Å². The van der Waals surface area contributed by atoms with Crippen molar-refractivity contribution in [2.24, 2.45) is 5.92 Å². The van der Waals surface area contributed by atoms with Gasteiger partial charge in [-0.25, -0.2) is 14.9 Å². The lowest BCUT2D eigenvalue weighted by atomic mass is 10.2. The molecule has 0 aromatic carbocycles. The fourth-order valence-electron chi connectivity index (χ4n) is 1.58. The smallest absolute Gasteiger partial charge is 0.350 e. The van der Waals surface area contributed by atoms with Gasteiger partial charge in [-0.1, -0.05) is 25.2 Å². The minimum Gasteiger partial charge on any atom is -0.461 e. The summed E-state index contributed by atoms with van der Waals surface area (Å²) < 4.78 is 5.15. The second-order valence-electron chi connectivity index (χ2n) is 5.19. The fraction of sp³-hybridized carbons (Fsp3) is 0.357. The third kappa shape index (κ3) is 4.46. The number of amides is 1. The molecule has 2 N–H and O–H groups in total. The Labute approximate surface area is 135 Å². The number of esters is 1. The fourth-order valence-corrected chi connectivity index (χ4v) is 2.43. The second kappa shape index (κ2) is 7.14. The summed E-state index contributed by atoms with van der Waals surface area (Å²) in [4.78, 5) is 39.3. The minimum absolute atomic E-state index is 0.0430. The summed E-state index contributed by atoms with van der Waals surface area (Å²) in [6.07, 6.45) is 0. The molecule has 23 heavy (non-hydrogen) atoms. The highest BCUT2D eigenvalue weighted by Crippen LogP contribution is 2.23. The number of thiazole rings is 1. The Kier molecular flexibility index (Phi) is 5.22. The van der Waals surface area contributed by atoms with Crippen LogP contribution in [-0.2, 0) is 4.74 Å². The van der Waals surface area contributed by atoms with E-state index in [4.69, 9.17) is 4.74 Å². The molecule has 0 bridgehead atoms. The number of carbonyl (C=O) groups excluding carboxylic acids is 2. The third-order valence-corrected chi connectivity index (χ3v) is 3.71. The van der Waals surface area contributed by atoms with Crippen LogP contribution < -0.4 is 10.9 Å². The highest BCUT2D eigenvalue weighted by Gasteiger charge is 2.19. The first-order chi connectivity index (χ1) is 10.9. The molecule has 0 saturated heterocycles. The van der Waals surface area contributed by atoms with Crippen molar-refractivity contribution in [2.45, 2.75) is 20.8 Å². The number of hydrogen-bond donors (Lipinski definition) is 2. The normalized spacial score (nSPS) is 10.6. The van der Waals surface area contributed by atoms with Gasteiger partial charge in [0.25, 0.3) is 11.5 Å². The van der Waals surface area contributed by atoms with E-state index in [1.165, 1.54) is 12.1 Å². The van der Waals surface area contributed by atoms with Crippen molar-refractivity contribution in [1.29, 1.82) is 0 Å². The molecule has 0 saturated carbocycles. The minimum atomic E-state index is -0.530. The summed E-state index contributed by atoms with van der Waals surface area (Å²) in [5.74, 6) is -0.758. The number of nitrogens with one attached hydrogen (secondary N) is 2. The van der Waals surface area contributed by atoms with Gasteiger partial charge in [0.2, 0.25) is 0 Å². The Morgan fingerprint density at radius 1 is 1.39 bits per heavy atom. The Bertz CT molecular complexity index is 761. The van der Waals surface area contributed by atoms with Gasteiger partial charge in [-0.15, -0.1) is 0 Å². The molecule has 0 spiro atoms. The largest absolute Gasteiger partial charge is 0.461 e. The molecule has 2 heterocycles. The van der Waals surface area contributed by atoms with Gasteiger partial charge in [-0.3, -0.25) is 14.9 Å². The third-order valence-electron chi connectivity index (χ3n) is 2.66. The van der Waals surface area contributed by atoms with Crippen molar-refractivity contribution in [3.8, 4) is 0 Å². The lowest BCUT2D eigenvalue weighted by Gasteiger charge is -2.05. The zero-order valence-electron chi connectivity index (χ0n) is 12.9. The van der Waals surface area contributed by atoms with Crippen LogP contribution in [0.4, 0.5) is 5.13 Å². The number of aryl methyl sites for hydroxylation is 1. The Morgan fingerprint density at radius 2 is 2.13 bits per heavy atom. The van der Waals surface area contributed by atoms with Gasteiger partial charge in [-0.05, 0) is 18.9 Å². The lowest BCUT2D eigenvalue weighted by molar-refractivity contribution is 0.0463. The number of rotatable bonds is 5. The Morgan fingerprint density at radius 3 is 2.74 bits per heavy atom. The number of carbonyl (C=O) groups is 2. The maximum absolute atomic E-state index is 12.0. The molecule has 8 nitrogen and oxygen atoms in total. The maximum atomic E-state index is 12.0. The standard InChI is InChI=1S/C14H16N4O4S/c1-7(2)6-22-13(21)11-8(3)15-14(23-11)16-12(20)9-4-5-10(19)18-17-9/h4-5,7H,6H2,1-3H3,(H,18,19)(H,15,16,20). The first-order valence-corrected chi connectivity index (χ1v) is 7.70. The molecule has 9 heteroatoms. The van der Waals surface area contributed by atoms with Crippen LogP contribution in [0.25, 0.3) is 0 Å². The van der Waals surface area contributed by atoms with E-state index in [9.17, 15) is 14.4 Å². The molecule has 2 rings (SSSR count). The molecular weight excluding hydrogens is 320 g/mol. The zero-order valence-corrected chi connectivity index (χ0v) is 13.7. The Balaban J connectivity index is 2.08. The molecule has 1 amide bonds. The molecule has 0 fully saturated rings. The van der Waals surface area contributed by atoms with Crippen LogP contribution in [0.1, 0.15) is 39.7 Å². The van der Waals surface area contributed by atoms with Crippen molar-refractivity contribution < 1.29 is 14.3 Å². The monoisotopic (exact) mass is 336 g/mol. The number of aromatic nitrogens is 3. The van der Waals surface area contributed by atoms with Crippen molar-refractivity contribution in [2.75, 3.05) is 11.9 Å². The molecule has 0 radical (unpaired) electrons. The highest BCUT2D eigenvalue weighted by atomic mass is 32.1. The molecule has 0 aliphatic carbocycles. The average Bonchev–Trinajstić information content (AvgIpc) is 2.86. The SMILES string of the molecule is Cc1nc(NC(=O)c2ccc(=O)[nH]n2)sc1C(=O)OCC(C)C. The van der Waals surface area contributed by atoms with Gasteiger partial charge in [0.15, 0.2) is 5.13 Å². The van der Waals surface area contributed by atoms with E-state index in [2.05, 4.69) is 20.5 Å². The summed E-state index contributed by atoms with van der Waals surface area (Å²) >= 11 is 1.03. The number of anilines is 1. The van der Waals surface area contributed by atoms with Gasteiger partial charge in [-0.2, -0.15) is 5.10 Å². The van der Waals surface area contributed by atoms with Crippen LogP contribution in [0.15, 0.2) is 16.9 Å². The van der Waals surface area contributed by atoms with E-state index < -0.39 is 17.4 Å². The van der Waals surface area contributed by atoms with Crippen LogP contribution >= 0.6 is 11.3 Å². The summed E-state index contributed by atoms with van der Waals surface area (Å²) in [6, 6.07) is 2.50. The summed E-state index contributed by atoms with van der Waals surface area (Å²) in [6.45, 7) is 5.86. The van der Waals surface area contributed by atoms with Crippen molar-refractivity contribution in [3.05, 3.63) is 38.8 Å².